The van der Waals surface area contributed by atoms with Crippen molar-refractivity contribution in [2.45, 2.75) is 50.0 Å². The Labute approximate surface area is 288 Å². The molecule has 1 aromatic heterocycles. The minimum Gasteiger partial charge on any atom is -0.872 e. The third-order valence-electron chi connectivity index (χ3n) is 5.20. The van der Waals surface area contributed by atoms with Crippen LogP contribution in [0.3, 0.4) is 0 Å². The van der Waals surface area contributed by atoms with E-state index in [1.54, 1.807) is 18.5 Å². The van der Waals surface area contributed by atoms with E-state index in [4.69, 9.17) is 30.7 Å². The van der Waals surface area contributed by atoms with Crippen LogP contribution in [-0.4, -0.2) is 61.4 Å². The minimum absolute atomic E-state index is 0. The molecule has 0 atom stereocenters. The van der Waals surface area contributed by atoms with Crippen molar-refractivity contribution in [3.05, 3.63) is 65.9 Å². The van der Waals surface area contributed by atoms with Crippen LogP contribution in [0.4, 0.5) is 32.0 Å². The zero-order valence-electron chi connectivity index (χ0n) is 23.8. The summed E-state index contributed by atoms with van der Waals surface area (Å²) in [6.45, 7) is 8.12. The molecule has 4 rings (SSSR count). The van der Waals surface area contributed by atoms with Crippen molar-refractivity contribution in [3.8, 4) is 5.75 Å². The summed E-state index contributed by atoms with van der Waals surface area (Å²) in [7, 11) is -12.2. The average molecular weight is 824 g/mol. The zero-order chi connectivity index (χ0) is 34.0. The molecule has 1 aliphatic heterocycles. The summed E-state index contributed by atoms with van der Waals surface area (Å²) >= 11 is 0. The van der Waals surface area contributed by atoms with Crippen molar-refractivity contribution in [1.29, 1.82) is 0 Å². The molecule has 2 heterocycles. The molecule has 0 amide bonds. The number of alkyl halides is 6. The van der Waals surface area contributed by atoms with E-state index in [9.17, 15) is 31.4 Å². The standard InChI is InChI=1S/C20H20N2O.C4H8O.2CHF3O3S.Sm/c1-20(2,3)16-10-4-8-15(19(16)23)13-22-17-11-5-7-14-9-6-12-21-18(14)17;1-2-4-5-3-1;2*2-1(3,4)8(5,6)7;/h4-13,23H,1-3H3;1-4H2;2*(H,5,6,7);/q;;;;+3/p-3. The third kappa shape index (κ3) is 15.0. The van der Waals surface area contributed by atoms with Crippen LogP contribution in [0.25, 0.3) is 10.9 Å². The summed E-state index contributed by atoms with van der Waals surface area (Å²) < 4.78 is 123. The fourth-order valence-electron chi connectivity index (χ4n) is 3.09. The summed E-state index contributed by atoms with van der Waals surface area (Å²) in [5.74, 6) is 0.0388. The summed E-state index contributed by atoms with van der Waals surface area (Å²) in [4.78, 5) is 8.88. The fraction of sp³-hybridized carbons (Fsp3) is 0.385. The number of benzene rings is 2. The van der Waals surface area contributed by atoms with E-state index >= 15 is 0 Å². The van der Waals surface area contributed by atoms with Crippen molar-refractivity contribution in [2.75, 3.05) is 13.2 Å². The molecule has 0 saturated carbocycles. The number of pyridine rings is 1. The first kappa shape index (κ1) is 43.0. The first-order valence-corrected chi connectivity index (χ1v) is 15.1. The Morgan fingerprint density at radius 2 is 1.29 bits per heavy atom. The molecular formula is C26H27F6N2O8S2Sm. The van der Waals surface area contributed by atoms with Gasteiger partial charge in [-0.05, 0) is 41.5 Å². The Morgan fingerprint density at radius 3 is 1.71 bits per heavy atom. The number of para-hydroxylation sites is 2. The van der Waals surface area contributed by atoms with Gasteiger partial charge in [0.2, 0.25) is 0 Å². The van der Waals surface area contributed by atoms with E-state index in [1.807, 2.05) is 63.2 Å². The van der Waals surface area contributed by atoms with Gasteiger partial charge in [-0.25, -0.2) is 16.8 Å². The van der Waals surface area contributed by atoms with Crippen molar-refractivity contribution in [2.24, 2.45) is 4.99 Å². The average Bonchev–Trinajstić information content (AvgIpc) is 3.46. The van der Waals surface area contributed by atoms with Crippen LogP contribution in [0, 0.1) is 40.4 Å². The van der Waals surface area contributed by atoms with E-state index < -0.39 is 31.3 Å². The maximum atomic E-state index is 12.6. The molecule has 19 heteroatoms. The number of ether oxygens (including phenoxy) is 1. The van der Waals surface area contributed by atoms with Crippen LogP contribution in [0.2, 0.25) is 0 Å². The minimum atomic E-state index is -6.09. The molecule has 249 valence electrons. The van der Waals surface area contributed by atoms with Gasteiger partial charge >= 0.3 is 51.4 Å². The number of rotatable bonds is 2. The topological polar surface area (TPSA) is 172 Å². The quantitative estimate of drug-likeness (QED) is 0.145. The van der Waals surface area contributed by atoms with Crippen LogP contribution >= 0.6 is 0 Å². The van der Waals surface area contributed by atoms with Gasteiger partial charge < -0.3 is 18.9 Å². The Hall–Kier alpha value is -1.98. The Balaban J connectivity index is 0.000000721. The first-order chi connectivity index (χ1) is 20.0. The van der Waals surface area contributed by atoms with Gasteiger partial charge in [0.15, 0.2) is 20.2 Å². The molecule has 2 aromatic carbocycles. The predicted molar refractivity (Wildman–Crippen MR) is 145 cm³/mol. The predicted octanol–water partition coefficient (Wildman–Crippen LogP) is 5.26. The molecule has 0 unspecified atom stereocenters. The van der Waals surface area contributed by atoms with Gasteiger partial charge in [0.1, 0.15) is 0 Å². The maximum Gasteiger partial charge on any atom is 3.00 e. The van der Waals surface area contributed by atoms with E-state index in [-0.39, 0.29) is 51.6 Å². The molecule has 1 aliphatic rings. The Kier molecular flexibility index (Phi) is 17.0. The van der Waals surface area contributed by atoms with Crippen LogP contribution in [-0.2, 0) is 30.4 Å². The van der Waals surface area contributed by atoms with Crippen LogP contribution in [0.15, 0.2) is 59.7 Å². The number of aliphatic imine (C=N–C) groups is 1. The monoisotopic (exact) mass is 825 g/mol. The number of hydrogen-bond acceptors (Lipinski definition) is 10. The molecule has 0 aliphatic carbocycles. The van der Waals surface area contributed by atoms with Crippen molar-refractivity contribution < 1.29 is 103 Å². The molecule has 1 fully saturated rings. The number of hydrogen-bond donors (Lipinski definition) is 0. The van der Waals surface area contributed by atoms with E-state index in [0.717, 1.165) is 35.4 Å². The first-order valence-electron chi connectivity index (χ1n) is 12.3. The van der Waals surface area contributed by atoms with E-state index in [0.29, 0.717) is 5.56 Å². The number of halogens is 6. The maximum absolute atomic E-state index is 12.6. The van der Waals surface area contributed by atoms with Gasteiger partial charge in [0.05, 0.1) is 11.2 Å². The van der Waals surface area contributed by atoms with Crippen molar-refractivity contribution in [3.63, 3.8) is 0 Å². The Bertz CT molecular complexity index is 1570. The second-order valence-electron chi connectivity index (χ2n) is 9.70. The van der Waals surface area contributed by atoms with Crippen LogP contribution < -0.4 is 5.11 Å². The SMILES string of the molecule is C1CCOC1.CC(C)(C)c1cccc(C=Nc2cccc3cccnc23)c1[O-].O=S(=O)([O-])C(F)(F)F.O=S(=O)([O-])C(F)(F)F.[Sm+3]. The van der Waals surface area contributed by atoms with E-state index in [1.165, 1.54) is 12.8 Å². The summed E-state index contributed by atoms with van der Waals surface area (Å²) in [6.07, 6.45) is 5.95. The molecule has 0 N–H and O–H groups in total. The van der Waals surface area contributed by atoms with Crippen LogP contribution in [0.1, 0.15) is 44.7 Å². The summed E-state index contributed by atoms with van der Waals surface area (Å²) in [5.41, 5.74) is -8.46. The smallest absolute Gasteiger partial charge is 0.872 e. The summed E-state index contributed by atoms with van der Waals surface area (Å²) in [6, 6.07) is 15.4. The van der Waals surface area contributed by atoms with E-state index in [2.05, 4.69) is 9.98 Å². The van der Waals surface area contributed by atoms with Gasteiger partial charge in [-0.3, -0.25) is 9.98 Å². The van der Waals surface area contributed by atoms with Crippen LogP contribution in [0.5, 0.6) is 5.75 Å². The van der Waals surface area contributed by atoms with Gasteiger partial charge in [0.25, 0.3) is 0 Å². The normalized spacial score (nSPS) is 13.8. The zero-order valence-corrected chi connectivity index (χ0v) is 28.0. The van der Waals surface area contributed by atoms with Gasteiger partial charge in [-0.1, -0.05) is 62.9 Å². The molecule has 45 heavy (non-hydrogen) atoms. The molecule has 0 bridgehead atoms. The number of fused-ring (bicyclic) bond motifs is 1. The largest absolute Gasteiger partial charge is 3.00 e. The van der Waals surface area contributed by atoms with Gasteiger partial charge in [-0.2, -0.15) is 26.3 Å². The Morgan fingerprint density at radius 1 is 0.822 bits per heavy atom. The van der Waals surface area contributed by atoms with Gasteiger partial charge in [0, 0.05) is 31.0 Å². The molecule has 0 spiro atoms. The molecule has 1 radical (unpaired) electrons. The third-order valence-corrected chi connectivity index (χ3v) is 6.34. The molecule has 3 aromatic rings. The van der Waals surface area contributed by atoms with Gasteiger partial charge in [-0.15, -0.1) is 0 Å². The number of aromatic nitrogens is 1. The molecule has 10 nitrogen and oxygen atoms in total. The fourth-order valence-corrected chi connectivity index (χ4v) is 3.09. The molecular weight excluding hydrogens is 797 g/mol. The van der Waals surface area contributed by atoms with Crippen molar-refractivity contribution >= 4 is 43.0 Å². The second-order valence-corrected chi connectivity index (χ2v) is 12.4. The molecule has 1 saturated heterocycles. The van der Waals surface area contributed by atoms with Crippen molar-refractivity contribution in [1.82, 2.24) is 4.98 Å². The second kappa shape index (κ2) is 17.8. The summed E-state index contributed by atoms with van der Waals surface area (Å²) in [5, 5.41) is 13.6. The number of nitrogens with zero attached hydrogens (tertiary/aromatic N) is 2.